The van der Waals surface area contributed by atoms with Crippen LogP contribution < -0.4 is 0 Å². The Morgan fingerprint density at radius 2 is 1.85 bits per heavy atom. The Kier molecular flexibility index (Phi) is 3.60. The molecule has 110 valence electrons. The number of benzene rings is 1. The topological polar surface area (TPSA) is 63.6 Å². The highest BCUT2D eigenvalue weighted by Crippen LogP contribution is 2.48. The molecule has 2 aliphatic carbocycles. The third kappa shape index (κ3) is 2.50. The molecule has 0 aliphatic heterocycles. The van der Waals surface area contributed by atoms with E-state index >= 15 is 0 Å². The van der Waals surface area contributed by atoms with Gasteiger partial charge in [-0.15, -0.1) is 0 Å². The van der Waals surface area contributed by atoms with Crippen molar-refractivity contribution < 1.29 is 17.7 Å². The molecule has 4 atom stereocenters. The molecule has 0 spiro atoms. The van der Waals surface area contributed by atoms with Crippen molar-refractivity contribution in [2.75, 3.05) is 6.61 Å². The van der Waals surface area contributed by atoms with Crippen LogP contribution in [-0.4, -0.2) is 26.2 Å². The van der Waals surface area contributed by atoms with Crippen molar-refractivity contribution in [2.45, 2.75) is 37.2 Å². The molecular formula is C15H20O4S. The van der Waals surface area contributed by atoms with Gasteiger partial charge in [0, 0.05) is 5.92 Å². The number of fused-ring (bicyclic) bond motifs is 2. The van der Waals surface area contributed by atoms with Gasteiger partial charge in [-0.2, -0.15) is 8.42 Å². The summed E-state index contributed by atoms with van der Waals surface area (Å²) >= 11 is 0. The Labute approximate surface area is 119 Å². The Hall–Kier alpha value is -0.910. The number of hydrogen-bond acceptors (Lipinski definition) is 4. The molecule has 5 heteroatoms. The lowest BCUT2D eigenvalue weighted by molar-refractivity contribution is 0.0350. The molecule has 3 rings (SSSR count). The van der Waals surface area contributed by atoms with Gasteiger partial charge in [-0.3, -0.25) is 4.18 Å². The summed E-state index contributed by atoms with van der Waals surface area (Å²) in [4.78, 5) is 0.181. The van der Waals surface area contributed by atoms with E-state index in [4.69, 9.17) is 4.18 Å². The van der Waals surface area contributed by atoms with Gasteiger partial charge in [0.2, 0.25) is 0 Å². The van der Waals surface area contributed by atoms with Crippen molar-refractivity contribution in [3.8, 4) is 0 Å². The summed E-state index contributed by atoms with van der Waals surface area (Å²) in [7, 11) is -3.72. The van der Waals surface area contributed by atoms with Crippen LogP contribution in [0.4, 0.5) is 0 Å². The molecule has 2 aliphatic rings. The SMILES string of the molecule is Cc1ccc(S(=O)(=O)OC[C@H]2[C@@H]3CC[C@H](C3)[C@H]2O)cc1. The van der Waals surface area contributed by atoms with Crippen LogP contribution in [0.1, 0.15) is 24.8 Å². The van der Waals surface area contributed by atoms with Crippen LogP contribution in [0.2, 0.25) is 0 Å². The summed E-state index contributed by atoms with van der Waals surface area (Å²) in [5.74, 6) is 0.730. The normalized spacial score (nSPS) is 32.7. The number of aliphatic hydroxyl groups is 1. The van der Waals surface area contributed by atoms with Crippen molar-refractivity contribution in [3.63, 3.8) is 0 Å². The molecule has 0 radical (unpaired) electrons. The van der Waals surface area contributed by atoms with E-state index in [2.05, 4.69) is 0 Å². The van der Waals surface area contributed by atoms with Crippen LogP contribution in [0.5, 0.6) is 0 Å². The van der Waals surface area contributed by atoms with Gasteiger partial charge >= 0.3 is 0 Å². The number of aliphatic hydroxyl groups excluding tert-OH is 1. The van der Waals surface area contributed by atoms with Crippen LogP contribution in [0.15, 0.2) is 29.2 Å². The molecule has 1 aromatic carbocycles. The van der Waals surface area contributed by atoms with Crippen molar-refractivity contribution in [1.29, 1.82) is 0 Å². The van der Waals surface area contributed by atoms with Gasteiger partial charge in [0.05, 0.1) is 17.6 Å². The first-order chi connectivity index (χ1) is 9.47. The van der Waals surface area contributed by atoms with Crippen molar-refractivity contribution in [3.05, 3.63) is 29.8 Å². The predicted octanol–water partition coefficient (Wildman–Crippen LogP) is 2.11. The first kappa shape index (κ1) is 14.0. The Bertz CT molecular complexity index is 576. The summed E-state index contributed by atoms with van der Waals surface area (Å²) in [5, 5.41) is 10.1. The van der Waals surface area contributed by atoms with Gasteiger partial charge < -0.3 is 5.11 Å². The lowest BCUT2D eigenvalue weighted by atomic mass is 9.87. The zero-order chi connectivity index (χ0) is 14.3. The molecule has 2 saturated carbocycles. The lowest BCUT2D eigenvalue weighted by Crippen LogP contribution is -2.31. The predicted molar refractivity (Wildman–Crippen MR) is 74.6 cm³/mol. The first-order valence-corrected chi connectivity index (χ1v) is 8.52. The standard InChI is InChI=1S/C15H20O4S/c1-10-2-6-13(7-3-10)20(17,18)19-9-14-11-4-5-12(8-11)15(14)16/h2-3,6-7,11-12,14-16H,4-5,8-9H2,1H3/t11-,12-,14+,15-/m1/s1. The largest absolute Gasteiger partial charge is 0.392 e. The molecule has 1 aromatic rings. The maximum Gasteiger partial charge on any atom is 0.296 e. The lowest BCUT2D eigenvalue weighted by Gasteiger charge is -2.26. The van der Waals surface area contributed by atoms with Gasteiger partial charge in [0.25, 0.3) is 10.1 Å². The quantitative estimate of drug-likeness (QED) is 0.864. The summed E-state index contributed by atoms with van der Waals surface area (Å²) < 4.78 is 29.4. The van der Waals surface area contributed by atoms with E-state index in [9.17, 15) is 13.5 Å². The maximum atomic E-state index is 12.1. The van der Waals surface area contributed by atoms with Crippen LogP contribution in [0.3, 0.4) is 0 Å². The first-order valence-electron chi connectivity index (χ1n) is 7.11. The third-order valence-corrected chi connectivity index (χ3v) is 6.06. The van der Waals surface area contributed by atoms with E-state index < -0.39 is 16.2 Å². The average Bonchev–Trinajstić information content (AvgIpc) is 2.98. The molecule has 1 N–H and O–H groups in total. The van der Waals surface area contributed by atoms with Gasteiger partial charge in [-0.1, -0.05) is 17.7 Å². The van der Waals surface area contributed by atoms with Gasteiger partial charge in [-0.05, 0) is 50.2 Å². The number of rotatable bonds is 4. The minimum atomic E-state index is -3.72. The van der Waals surface area contributed by atoms with Crippen molar-refractivity contribution >= 4 is 10.1 Å². The molecule has 0 saturated heterocycles. The van der Waals surface area contributed by atoms with E-state index in [1.54, 1.807) is 24.3 Å². The Morgan fingerprint density at radius 1 is 1.20 bits per heavy atom. The van der Waals surface area contributed by atoms with E-state index in [1.807, 2.05) is 6.92 Å². The fourth-order valence-corrected chi connectivity index (χ4v) is 4.50. The third-order valence-electron chi connectivity index (χ3n) is 4.77. The molecule has 4 nitrogen and oxygen atoms in total. The molecule has 0 aromatic heterocycles. The van der Waals surface area contributed by atoms with E-state index in [0.717, 1.165) is 24.8 Å². The Morgan fingerprint density at radius 3 is 2.45 bits per heavy atom. The zero-order valence-electron chi connectivity index (χ0n) is 11.5. The van der Waals surface area contributed by atoms with E-state index in [1.165, 1.54) is 0 Å². The average molecular weight is 296 g/mol. The van der Waals surface area contributed by atoms with E-state index in [0.29, 0.717) is 11.8 Å². The van der Waals surface area contributed by atoms with E-state index in [-0.39, 0.29) is 17.4 Å². The maximum absolute atomic E-state index is 12.1. The van der Waals surface area contributed by atoms with Crippen LogP contribution in [0, 0.1) is 24.7 Å². The molecule has 2 bridgehead atoms. The second-order valence-corrected chi connectivity index (χ2v) is 7.65. The highest BCUT2D eigenvalue weighted by Gasteiger charge is 2.47. The van der Waals surface area contributed by atoms with Gasteiger partial charge in [0.1, 0.15) is 0 Å². The summed E-state index contributed by atoms with van der Waals surface area (Å²) in [6.45, 7) is 2.00. The van der Waals surface area contributed by atoms with Crippen molar-refractivity contribution in [2.24, 2.45) is 17.8 Å². The molecular weight excluding hydrogens is 276 g/mol. The van der Waals surface area contributed by atoms with Crippen molar-refractivity contribution in [1.82, 2.24) is 0 Å². The second-order valence-electron chi connectivity index (χ2n) is 6.04. The van der Waals surface area contributed by atoms with Gasteiger partial charge in [-0.25, -0.2) is 0 Å². The molecule has 20 heavy (non-hydrogen) atoms. The fourth-order valence-electron chi connectivity index (χ4n) is 3.56. The zero-order valence-corrected chi connectivity index (χ0v) is 12.3. The Balaban J connectivity index is 1.67. The number of hydrogen-bond donors (Lipinski definition) is 1. The summed E-state index contributed by atoms with van der Waals surface area (Å²) in [6.07, 6.45) is 2.76. The van der Waals surface area contributed by atoms with Crippen LogP contribution >= 0.6 is 0 Å². The molecule has 0 unspecified atom stereocenters. The molecule has 2 fully saturated rings. The number of aryl methyl sites for hydroxylation is 1. The summed E-state index contributed by atoms with van der Waals surface area (Å²) in [5.41, 5.74) is 1.01. The smallest absolute Gasteiger partial charge is 0.296 e. The highest BCUT2D eigenvalue weighted by atomic mass is 32.2. The fraction of sp³-hybridized carbons (Fsp3) is 0.600. The minimum absolute atomic E-state index is 0.0334. The monoisotopic (exact) mass is 296 g/mol. The molecule has 0 amide bonds. The van der Waals surface area contributed by atoms with Crippen LogP contribution in [-0.2, 0) is 14.3 Å². The summed E-state index contributed by atoms with van der Waals surface area (Å²) in [6, 6.07) is 6.62. The second kappa shape index (κ2) is 5.13. The minimum Gasteiger partial charge on any atom is -0.392 e. The van der Waals surface area contributed by atoms with Gasteiger partial charge in [0.15, 0.2) is 0 Å². The highest BCUT2D eigenvalue weighted by molar-refractivity contribution is 7.86. The molecule has 0 heterocycles. The van der Waals surface area contributed by atoms with Crippen LogP contribution in [0.25, 0.3) is 0 Å².